The van der Waals surface area contributed by atoms with Crippen LogP contribution in [0.25, 0.3) is 0 Å². The molecule has 0 amide bonds. The average molecular weight is 333 g/mol. The first-order valence-electron chi connectivity index (χ1n) is 7.37. The van der Waals surface area contributed by atoms with Crippen molar-refractivity contribution < 1.29 is 9.66 Å². The Kier molecular flexibility index (Phi) is 4.00. The van der Waals surface area contributed by atoms with E-state index >= 15 is 0 Å². The minimum atomic E-state index is -0.341. The Balaban J connectivity index is 0.00000156. The lowest BCUT2D eigenvalue weighted by molar-refractivity contribution is -0.384. The van der Waals surface area contributed by atoms with Gasteiger partial charge in [0.2, 0.25) is 0 Å². The fourth-order valence-electron chi connectivity index (χ4n) is 3.66. The van der Waals surface area contributed by atoms with Crippen LogP contribution < -0.4 is 4.74 Å². The molecule has 2 heterocycles. The Hall–Kier alpha value is -2.11. The minimum Gasteiger partial charge on any atom is -0.457 e. The molecule has 2 aliphatic heterocycles. The Morgan fingerprint density at radius 2 is 1.74 bits per heavy atom. The van der Waals surface area contributed by atoms with Crippen LogP contribution in [0, 0.1) is 10.1 Å². The quantitative estimate of drug-likeness (QED) is 0.586. The molecule has 0 saturated carbocycles. The number of ether oxygens (including phenoxy) is 1. The summed E-state index contributed by atoms with van der Waals surface area (Å²) in [4.78, 5) is 13.0. The molecule has 2 aromatic carbocycles. The van der Waals surface area contributed by atoms with Gasteiger partial charge in [0.15, 0.2) is 0 Å². The number of para-hydroxylation sites is 1. The van der Waals surface area contributed by atoms with Crippen LogP contribution >= 0.6 is 12.4 Å². The molecule has 120 valence electrons. The molecule has 0 radical (unpaired) electrons. The number of rotatable bonds is 1. The van der Waals surface area contributed by atoms with Crippen LogP contribution in [0.3, 0.4) is 0 Å². The van der Waals surface area contributed by atoms with Gasteiger partial charge in [-0.1, -0.05) is 18.2 Å². The van der Waals surface area contributed by atoms with Crippen molar-refractivity contribution in [2.24, 2.45) is 0 Å². The van der Waals surface area contributed by atoms with E-state index in [1.54, 1.807) is 12.1 Å². The summed E-state index contributed by atoms with van der Waals surface area (Å²) in [6.07, 6.45) is 0. The van der Waals surface area contributed by atoms with E-state index in [9.17, 15) is 10.1 Å². The zero-order chi connectivity index (χ0) is 15.3. The van der Waals surface area contributed by atoms with Crippen molar-refractivity contribution in [2.45, 2.75) is 11.8 Å². The molecular weight excluding hydrogens is 316 g/mol. The number of hydrogen-bond acceptors (Lipinski definition) is 4. The molecule has 2 unspecified atom stereocenters. The van der Waals surface area contributed by atoms with Crippen molar-refractivity contribution >= 4 is 18.1 Å². The predicted molar refractivity (Wildman–Crippen MR) is 89.8 cm³/mol. The number of likely N-dealkylation sites (tertiary alicyclic amines) is 1. The highest BCUT2D eigenvalue weighted by Crippen LogP contribution is 2.49. The second-order valence-corrected chi connectivity index (χ2v) is 6.05. The van der Waals surface area contributed by atoms with Gasteiger partial charge < -0.3 is 9.64 Å². The maximum atomic E-state index is 11.1. The van der Waals surface area contributed by atoms with Crippen LogP contribution in [0.4, 0.5) is 5.69 Å². The lowest BCUT2D eigenvalue weighted by Gasteiger charge is -2.16. The molecule has 0 aliphatic carbocycles. The maximum absolute atomic E-state index is 11.1. The van der Waals surface area contributed by atoms with E-state index in [0.29, 0.717) is 5.92 Å². The van der Waals surface area contributed by atoms with E-state index in [0.717, 1.165) is 30.2 Å². The monoisotopic (exact) mass is 332 g/mol. The van der Waals surface area contributed by atoms with E-state index in [2.05, 4.69) is 18.0 Å². The van der Waals surface area contributed by atoms with E-state index in [1.165, 1.54) is 11.6 Å². The van der Waals surface area contributed by atoms with Crippen LogP contribution in [-0.4, -0.2) is 30.0 Å². The Labute approximate surface area is 140 Å². The third-order valence-corrected chi connectivity index (χ3v) is 4.64. The summed E-state index contributed by atoms with van der Waals surface area (Å²) < 4.78 is 6.07. The van der Waals surface area contributed by atoms with Crippen molar-refractivity contribution in [3.63, 3.8) is 0 Å². The first kappa shape index (κ1) is 15.8. The van der Waals surface area contributed by atoms with E-state index in [4.69, 9.17) is 4.74 Å². The van der Waals surface area contributed by atoms with Gasteiger partial charge in [-0.05, 0) is 24.7 Å². The van der Waals surface area contributed by atoms with Gasteiger partial charge in [0.25, 0.3) is 5.69 Å². The third-order valence-electron chi connectivity index (χ3n) is 4.64. The standard InChI is InChI=1S/C17H16N2O3.ClH/c1-18-9-14-12-4-2-3-5-16(12)22-17-7-6-11(19(20)21)8-13(17)15(14)10-18;/h2-8,14-15H,9-10H2,1H3;1H. The summed E-state index contributed by atoms with van der Waals surface area (Å²) >= 11 is 0. The largest absolute Gasteiger partial charge is 0.457 e. The molecule has 0 aromatic heterocycles. The van der Waals surface area contributed by atoms with E-state index < -0.39 is 0 Å². The van der Waals surface area contributed by atoms with Gasteiger partial charge in [0, 0.05) is 42.6 Å². The molecule has 4 rings (SSSR count). The number of benzene rings is 2. The number of fused-ring (bicyclic) bond motifs is 5. The van der Waals surface area contributed by atoms with Crippen molar-refractivity contribution in [3.05, 3.63) is 63.7 Å². The highest BCUT2D eigenvalue weighted by atomic mass is 35.5. The van der Waals surface area contributed by atoms with Crippen LogP contribution in [0.15, 0.2) is 42.5 Å². The maximum Gasteiger partial charge on any atom is 0.269 e. The SMILES string of the molecule is CN1CC2c3ccccc3Oc3ccc([N+](=O)[O-])cc3C2C1.Cl. The van der Waals surface area contributed by atoms with Crippen LogP contribution in [0.5, 0.6) is 11.5 Å². The molecule has 0 spiro atoms. The average Bonchev–Trinajstić information content (AvgIpc) is 2.84. The van der Waals surface area contributed by atoms with E-state index in [-0.39, 0.29) is 28.9 Å². The molecule has 2 aromatic rings. The summed E-state index contributed by atoms with van der Waals surface area (Å²) in [5, 5.41) is 11.1. The van der Waals surface area contributed by atoms with Crippen LogP contribution in [0.1, 0.15) is 23.0 Å². The molecule has 5 nitrogen and oxygen atoms in total. The van der Waals surface area contributed by atoms with Gasteiger partial charge in [0.05, 0.1) is 4.92 Å². The minimum absolute atomic E-state index is 0. The lowest BCUT2D eigenvalue weighted by atomic mass is 9.84. The fraction of sp³-hybridized carbons (Fsp3) is 0.294. The zero-order valence-corrected chi connectivity index (χ0v) is 13.5. The van der Waals surface area contributed by atoms with Gasteiger partial charge in [-0.3, -0.25) is 10.1 Å². The Bertz CT molecular complexity index is 765. The molecular formula is C17H17ClN2O3. The molecule has 1 saturated heterocycles. The second kappa shape index (κ2) is 5.83. The van der Waals surface area contributed by atoms with Gasteiger partial charge in [0.1, 0.15) is 11.5 Å². The lowest BCUT2D eigenvalue weighted by Crippen LogP contribution is -2.14. The van der Waals surface area contributed by atoms with Gasteiger partial charge in [-0.2, -0.15) is 0 Å². The number of halogens is 1. The number of nitro groups is 1. The predicted octanol–water partition coefficient (Wildman–Crippen LogP) is 3.94. The summed E-state index contributed by atoms with van der Waals surface area (Å²) in [7, 11) is 2.09. The van der Waals surface area contributed by atoms with Crippen molar-refractivity contribution in [2.75, 3.05) is 20.1 Å². The number of non-ortho nitro benzene ring substituents is 1. The highest BCUT2D eigenvalue weighted by Gasteiger charge is 2.39. The van der Waals surface area contributed by atoms with Gasteiger partial charge in [-0.15, -0.1) is 12.4 Å². The number of nitrogens with zero attached hydrogens (tertiary/aromatic N) is 2. The molecule has 6 heteroatoms. The van der Waals surface area contributed by atoms with E-state index in [1.807, 2.05) is 18.2 Å². The Morgan fingerprint density at radius 1 is 1.09 bits per heavy atom. The third kappa shape index (κ3) is 2.56. The van der Waals surface area contributed by atoms with Crippen molar-refractivity contribution in [1.82, 2.24) is 4.90 Å². The highest BCUT2D eigenvalue weighted by molar-refractivity contribution is 5.85. The number of hydrogen-bond donors (Lipinski definition) is 0. The molecule has 2 aliphatic rings. The van der Waals surface area contributed by atoms with Gasteiger partial charge >= 0.3 is 0 Å². The number of likely N-dealkylation sites (N-methyl/N-ethyl adjacent to an activating group) is 1. The topological polar surface area (TPSA) is 55.6 Å². The first-order chi connectivity index (χ1) is 10.6. The molecule has 0 bridgehead atoms. The van der Waals surface area contributed by atoms with Crippen LogP contribution in [0.2, 0.25) is 0 Å². The van der Waals surface area contributed by atoms with Crippen molar-refractivity contribution in [3.8, 4) is 11.5 Å². The summed E-state index contributed by atoms with van der Waals surface area (Å²) in [5.74, 6) is 2.13. The summed E-state index contributed by atoms with van der Waals surface area (Å²) in [6, 6.07) is 13.0. The summed E-state index contributed by atoms with van der Waals surface area (Å²) in [5.41, 5.74) is 2.26. The molecule has 0 N–H and O–H groups in total. The Morgan fingerprint density at radius 3 is 2.48 bits per heavy atom. The molecule has 1 fully saturated rings. The van der Waals surface area contributed by atoms with Crippen molar-refractivity contribution in [1.29, 1.82) is 0 Å². The van der Waals surface area contributed by atoms with Gasteiger partial charge in [-0.25, -0.2) is 0 Å². The number of nitro benzene ring substituents is 1. The second-order valence-electron chi connectivity index (χ2n) is 6.05. The molecule has 2 atom stereocenters. The summed E-state index contributed by atoms with van der Waals surface area (Å²) in [6.45, 7) is 1.82. The zero-order valence-electron chi connectivity index (χ0n) is 12.6. The molecule has 23 heavy (non-hydrogen) atoms. The van der Waals surface area contributed by atoms with Crippen LogP contribution in [-0.2, 0) is 0 Å². The first-order valence-corrected chi connectivity index (χ1v) is 7.37. The fourth-order valence-corrected chi connectivity index (χ4v) is 3.66. The normalized spacial score (nSPS) is 22.0. The smallest absolute Gasteiger partial charge is 0.269 e.